The van der Waals surface area contributed by atoms with Crippen LogP contribution in [0, 0.1) is 13.8 Å². The Hall–Kier alpha value is -2.34. The van der Waals surface area contributed by atoms with Crippen LogP contribution in [0.1, 0.15) is 54.4 Å². The molecule has 4 rings (SSSR count). The number of amides is 1. The van der Waals surface area contributed by atoms with E-state index in [1.165, 1.54) is 5.69 Å². The summed E-state index contributed by atoms with van der Waals surface area (Å²) in [5.74, 6) is 1.01. The average Bonchev–Trinajstić information content (AvgIpc) is 3.38. The number of aryl methyl sites for hydroxylation is 2. The molecule has 0 aliphatic carbocycles. The largest absolute Gasteiger partial charge is 0.490 e. The fraction of sp³-hybridized carbons (Fsp3) is 0.583. The first-order valence-corrected chi connectivity index (χ1v) is 11.3. The van der Waals surface area contributed by atoms with E-state index >= 15 is 0 Å². The molecule has 0 N–H and O–H groups in total. The normalized spacial score (nSPS) is 19.2. The maximum absolute atomic E-state index is 12.5. The van der Waals surface area contributed by atoms with Gasteiger partial charge in [0.2, 0.25) is 0 Å². The number of piperidine rings is 1. The third kappa shape index (κ3) is 4.86. The van der Waals surface area contributed by atoms with E-state index in [-0.39, 0.29) is 12.0 Å². The number of hydrogen-bond donors (Lipinski definition) is 0. The lowest BCUT2D eigenvalue weighted by Gasteiger charge is -2.36. The van der Waals surface area contributed by atoms with Gasteiger partial charge in [-0.1, -0.05) is 0 Å². The lowest BCUT2D eigenvalue weighted by Crippen LogP contribution is -2.44. The summed E-state index contributed by atoms with van der Waals surface area (Å²) < 4.78 is 8.33. The van der Waals surface area contributed by atoms with Crippen molar-refractivity contribution in [3.8, 4) is 5.75 Å². The Morgan fingerprint density at radius 3 is 2.37 bits per heavy atom. The Labute approximate surface area is 179 Å². The quantitative estimate of drug-likeness (QED) is 0.729. The summed E-state index contributed by atoms with van der Waals surface area (Å²) in [6.07, 6.45) is 4.52. The molecular weight excluding hydrogens is 376 g/mol. The molecule has 1 amide bonds. The minimum Gasteiger partial charge on any atom is -0.490 e. The molecule has 2 aliphatic heterocycles. The van der Waals surface area contributed by atoms with E-state index in [9.17, 15) is 4.79 Å². The zero-order valence-electron chi connectivity index (χ0n) is 18.5. The molecule has 0 bridgehead atoms. The highest BCUT2D eigenvalue weighted by Crippen LogP contribution is 2.22. The van der Waals surface area contributed by atoms with Crippen molar-refractivity contribution in [1.82, 2.24) is 19.6 Å². The highest BCUT2D eigenvalue weighted by Gasteiger charge is 2.25. The van der Waals surface area contributed by atoms with Gasteiger partial charge in [0.05, 0.1) is 12.2 Å². The molecule has 0 saturated carbocycles. The smallest absolute Gasteiger partial charge is 0.253 e. The van der Waals surface area contributed by atoms with Crippen LogP contribution < -0.4 is 4.74 Å². The lowest BCUT2D eigenvalue weighted by atomic mass is 10.1. The molecule has 30 heavy (non-hydrogen) atoms. The van der Waals surface area contributed by atoms with Gasteiger partial charge in [-0.3, -0.25) is 14.4 Å². The van der Waals surface area contributed by atoms with E-state index in [1.807, 2.05) is 36.1 Å². The van der Waals surface area contributed by atoms with Gasteiger partial charge in [0.25, 0.3) is 5.91 Å². The number of rotatable bonds is 6. The molecule has 1 atom stereocenters. The van der Waals surface area contributed by atoms with Crippen molar-refractivity contribution in [1.29, 1.82) is 0 Å². The van der Waals surface area contributed by atoms with Gasteiger partial charge in [0.1, 0.15) is 11.9 Å². The van der Waals surface area contributed by atoms with E-state index in [0.29, 0.717) is 6.04 Å². The second kappa shape index (κ2) is 9.21. The van der Waals surface area contributed by atoms with Crippen molar-refractivity contribution in [3.05, 3.63) is 47.3 Å². The number of carbonyl (C=O) groups excluding carboxylic acids is 1. The van der Waals surface area contributed by atoms with Crippen molar-refractivity contribution < 1.29 is 9.53 Å². The number of ether oxygens (including phenoxy) is 1. The molecule has 1 aromatic carbocycles. The second-order valence-corrected chi connectivity index (χ2v) is 8.84. The molecule has 2 aliphatic rings. The molecule has 0 spiro atoms. The molecular formula is C24H34N4O2. The van der Waals surface area contributed by atoms with Crippen molar-refractivity contribution in [3.63, 3.8) is 0 Å². The molecule has 2 saturated heterocycles. The summed E-state index contributed by atoms with van der Waals surface area (Å²) in [6, 6.07) is 10.3. The van der Waals surface area contributed by atoms with E-state index < -0.39 is 0 Å². The fourth-order valence-electron chi connectivity index (χ4n) is 4.63. The molecule has 6 nitrogen and oxygen atoms in total. The van der Waals surface area contributed by atoms with Gasteiger partial charge < -0.3 is 9.64 Å². The second-order valence-electron chi connectivity index (χ2n) is 8.84. The first kappa shape index (κ1) is 20.9. The Bertz CT molecular complexity index is 847. The third-order valence-corrected chi connectivity index (χ3v) is 6.44. The molecule has 2 fully saturated rings. The number of hydrogen-bond acceptors (Lipinski definition) is 4. The highest BCUT2D eigenvalue weighted by molar-refractivity contribution is 5.94. The summed E-state index contributed by atoms with van der Waals surface area (Å²) >= 11 is 0. The van der Waals surface area contributed by atoms with Gasteiger partial charge in [-0.25, -0.2) is 0 Å². The van der Waals surface area contributed by atoms with Crippen LogP contribution in [0.4, 0.5) is 0 Å². The van der Waals surface area contributed by atoms with Crippen molar-refractivity contribution >= 4 is 5.91 Å². The van der Waals surface area contributed by atoms with Gasteiger partial charge in [0, 0.05) is 43.5 Å². The molecule has 6 heteroatoms. The fourth-order valence-corrected chi connectivity index (χ4v) is 4.63. The van der Waals surface area contributed by atoms with Crippen LogP contribution in [0.15, 0.2) is 30.3 Å². The number of benzene rings is 1. The van der Waals surface area contributed by atoms with E-state index in [1.54, 1.807) is 0 Å². The summed E-state index contributed by atoms with van der Waals surface area (Å²) in [6.45, 7) is 11.2. The summed E-state index contributed by atoms with van der Waals surface area (Å²) in [7, 11) is 0. The standard InChI is InChI=1S/C24H34N4O2/c1-18-16-19(2)28(25-18)17-20(3)26-14-10-23(11-15-26)30-22-8-6-21(7-9-22)24(29)27-12-4-5-13-27/h6-9,16,20,23H,4-5,10-15,17H2,1-3H3. The monoisotopic (exact) mass is 410 g/mol. The number of nitrogens with zero attached hydrogens (tertiary/aromatic N) is 4. The van der Waals surface area contributed by atoms with Crippen LogP contribution in [0.2, 0.25) is 0 Å². The Kier molecular flexibility index (Phi) is 6.42. The van der Waals surface area contributed by atoms with Crippen LogP contribution in [0.3, 0.4) is 0 Å². The molecule has 2 aromatic rings. The zero-order chi connectivity index (χ0) is 21.1. The predicted octanol–water partition coefficient (Wildman–Crippen LogP) is 3.67. The highest BCUT2D eigenvalue weighted by atomic mass is 16.5. The van der Waals surface area contributed by atoms with Crippen molar-refractivity contribution in [2.24, 2.45) is 0 Å². The van der Waals surface area contributed by atoms with Crippen LogP contribution >= 0.6 is 0 Å². The summed E-state index contributed by atoms with van der Waals surface area (Å²) in [4.78, 5) is 17.0. The maximum Gasteiger partial charge on any atom is 0.253 e. The maximum atomic E-state index is 12.5. The van der Waals surface area contributed by atoms with Crippen molar-refractivity contribution in [2.75, 3.05) is 26.2 Å². The van der Waals surface area contributed by atoms with E-state index in [4.69, 9.17) is 4.74 Å². The van der Waals surface area contributed by atoms with Crippen LogP contribution in [0.5, 0.6) is 5.75 Å². The van der Waals surface area contributed by atoms with Gasteiger partial charge >= 0.3 is 0 Å². The number of carbonyl (C=O) groups is 1. The number of likely N-dealkylation sites (tertiary alicyclic amines) is 2. The van der Waals surface area contributed by atoms with Crippen LogP contribution in [0.25, 0.3) is 0 Å². The summed E-state index contributed by atoms with van der Waals surface area (Å²) in [5, 5.41) is 4.60. The lowest BCUT2D eigenvalue weighted by molar-refractivity contribution is 0.0737. The first-order chi connectivity index (χ1) is 14.5. The first-order valence-electron chi connectivity index (χ1n) is 11.3. The zero-order valence-corrected chi connectivity index (χ0v) is 18.5. The topological polar surface area (TPSA) is 50.6 Å². The number of aromatic nitrogens is 2. The molecule has 3 heterocycles. The molecule has 1 unspecified atom stereocenters. The predicted molar refractivity (Wildman–Crippen MR) is 118 cm³/mol. The van der Waals surface area contributed by atoms with Gasteiger partial charge in [-0.2, -0.15) is 5.10 Å². The van der Waals surface area contributed by atoms with Crippen LogP contribution in [-0.2, 0) is 6.54 Å². The Morgan fingerprint density at radius 1 is 1.10 bits per heavy atom. The van der Waals surface area contributed by atoms with Crippen molar-refractivity contribution in [2.45, 2.75) is 65.1 Å². The molecule has 0 radical (unpaired) electrons. The van der Waals surface area contributed by atoms with Gasteiger partial charge in [0.15, 0.2) is 0 Å². The molecule has 1 aromatic heterocycles. The minimum atomic E-state index is 0.143. The SMILES string of the molecule is Cc1cc(C)n(CC(C)N2CCC(Oc3ccc(C(=O)N4CCCC4)cc3)CC2)n1. The average molecular weight is 411 g/mol. The third-order valence-electron chi connectivity index (χ3n) is 6.44. The van der Waals surface area contributed by atoms with Crippen LogP contribution in [-0.4, -0.2) is 63.8 Å². The Morgan fingerprint density at radius 2 is 1.77 bits per heavy atom. The van der Waals surface area contributed by atoms with Gasteiger partial charge in [-0.15, -0.1) is 0 Å². The minimum absolute atomic E-state index is 0.143. The molecule has 162 valence electrons. The Balaban J connectivity index is 1.25. The van der Waals surface area contributed by atoms with Gasteiger partial charge in [-0.05, 0) is 76.8 Å². The van der Waals surface area contributed by atoms with E-state index in [2.05, 4.69) is 34.6 Å². The van der Waals surface area contributed by atoms with E-state index in [0.717, 1.165) is 75.4 Å². The summed E-state index contributed by atoms with van der Waals surface area (Å²) in [5.41, 5.74) is 3.07.